The van der Waals surface area contributed by atoms with Gasteiger partial charge in [-0.25, -0.2) is 4.39 Å². The van der Waals surface area contributed by atoms with Gasteiger partial charge in [-0.05, 0) is 48.6 Å². The maximum atomic E-state index is 13.1. The molecule has 1 saturated carbocycles. The van der Waals surface area contributed by atoms with Crippen molar-refractivity contribution in [3.8, 4) is 0 Å². The number of esters is 1. The van der Waals surface area contributed by atoms with Gasteiger partial charge in [0.15, 0.2) is 0 Å². The Kier molecular flexibility index (Phi) is 6.16. The first-order chi connectivity index (χ1) is 13.1. The molecule has 0 saturated heterocycles. The van der Waals surface area contributed by atoms with Crippen LogP contribution in [0.3, 0.4) is 0 Å². The Hall–Kier alpha value is -2.76. The highest BCUT2D eigenvalue weighted by Gasteiger charge is 2.45. The number of nitrogens with zero attached hydrogens (tertiary/aromatic N) is 2. The summed E-state index contributed by atoms with van der Waals surface area (Å²) in [6.07, 6.45) is 4.30. The molecule has 1 aromatic carbocycles. The van der Waals surface area contributed by atoms with E-state index < -0.39 is 0 Å². The van der Waals surface area contributed by atoms with Gasteiger partial charge in [-0.15, -0.1) is 0 Å². The van der Waals surface area contributed by atoms with Crippen molar-refractivity contribution in [2.75, 3.05) is 13.2 Å². The molecule has 2 atom stereocenters. The first-order valence-electron chi connectivity index (χ1n) is 9.17. The Morgan fingerprint density at radius 3 is 2.70 bits per heavy atom. The van der Waals surface area contributed by atoms with Gasteiger partial charge in [0, 0.05) is 31.4 Å². The summed E-state index contributed by atoms with van der Waals surface area (Å²) < 4.78 is 18.1. The van der Waals surface area contributed by atoms with Gasteiger partial charge in [-0.2, -0.15) is 0 Å². The van der Waals surface area contributed by atoms with Crippen LogP contribution in [0, 0.1) is 11.7 Å². The van der Waals surface area contributed by atoms with Crippen molar-refractivity contribution in [2.45, 2.75) is 32.2 Å². The number of aromatic nitrogens is 1. The smallest absolute Gasteiger partial charge is 0.307 e. The standard InChI is InChI=1S/C21H23FN2O3/c1-2-27-20(25)9-11-24(14-15-4-3-10-23-13-15)21(26)19-12-18(19)16-5-7-17(22)8-6-16/h3-8,10,13,18-19H,2,9,11-12,14H2,1H3. The lowest BCUT2D eigenvalue weighted by atomic mass is 10.1. The van der Waals surface area contributed by atoms with Crippen molar-refractivity contribution in [3.63, 3.8) is 0 Å². The van der Waals surface area contributed by atoms with E-state index in [9.17, 15) is 14.0 Å². The minimum atomic E-state index is -0.313. The average Bonchev–Trinajstić information content (AvgIpc) is 3.47. The largest absolute Gasteiger partial charge is 0.466 e. The molecule has 1 heterocycles. The molecule has 27 heavy (non-hydrogen) atoms. The van der Waals surface area contributed by atoms with Crippen LogP contribution >= 0.6 is 0 Å². The van der Waals surface area contributed by atoms with Gasteiger partial charge in [0.2, 0.25) is 5.91 Å². The van der Waals surface area contributed by atoms with Gasteiger partial charge in [0.05, 0.1) is 13.0 Å². The van der Waals surface area contributed by atoms with E-state index in [1.54, 1.807) is 36.4 Å². The lowest BCUT2D eigenvalue weighted by molar-refractivity contribution is -0.144. The van der Waals surface area contributed by atoms with Crippen LogP contribution in [0.2, 0.25) is 0 Å². The van der Waals surface area contributed by atoms with Crippen LogP contribution in [0.1, 0.15) is 36.8 Å². The molecular formula is C21H23FN2O3. The van der Waals surface area contributed by atoms with Crippen LogP contribution < -0.4 is 0 Å². The second-order valence-electron chi connectivity index (χ2n) is 6.68. The Morgan fingerprint density at radius 1 is 1.26 bits per heavy atom. The van der Waals surface area contributed by atoms with E-state index in [1.165, 1.54) is 12.1 Å². The van der Waals surface area contributed by atoms with E-state index in [0.29, 0.717) is 19.7 Å². The van der Waals surface area contributed by atoms with Crippen molar-refractivity contribution in [3.05, 3.63) is 65.7 Å². The van der Waals surface area contributed by atoms with Gasteiger partial charge in [-0.1, -0.05) is 18.2 Å². The SMILES string of the molecule is CCOC(=O)CCN(Cc1cccnc1)C(=O)C1CC1c1ccc(F)cc1. The molecule has 1 aliphatic rings. The zero-order valence-electron chi connectivity index (χ0n) is 15.3. The summed E-state index contributed by atoms with van der Waals surface area (Å²) in [5, 5.41) is 0. The zero-order valence-corrected chi connectivity index (χ0v) is 15.3. The summed E-state index contributed by atoms with van der Waals surface area (Å²) in [6, 6.07) is 10.0. The summed E-state index contributed by atoms with van der Waals surface area (Å²) in [6.45, 7) is 2.79. The number of ether oxygens (including phenoxy) is 1. The molecule has 2 unspecified atom stereocenters. The summed E-state index contributed by atoms with van der Waals surface area (Å²) in [5.74, 6) is -0.605. The Labute approximate surface area is 158 Å². The van der Waals surface area contributed by atoms with Crippen molar-refractivity contribution in [2.24, 2.45) is 5.92 Å². The number of hydrogen-bond acceptors (Lipinski definition) is 4. The average molecular weight is 370 g/mol. The molecule has 2 aromatic rings. The number of amides is 1. The van der Waals surface area contributed by atoms with Crippen molar-refractivity contribution >= 4 is 11.9 Å². The zero-order chi connectivity index (χ0) is 19.2. The first kappa shape index (κ1) is 19.0. The summed E-state index contributed by atoms with van der Waals surface area (Å²) in [4.78, 5) is 30.5. The van der Waals surface area contributed by atoms with Gasteiger partial charge >= 0.3 is 5.97 Å². The molecule has 1 aliphatic carbocycles. The normalized spacial score (nSPS) is 18.0. The molecule has 1 fully saturated rings. The minimum Gasteiger partial charge on any atom is -0.466 e. The maximum Gasteiger partial charge on any atom is 0.307 e. The first-order valence-corrected chi connectivity index (χ1v) is 9.17. The fourth-order valence-electron chi connectivity index (χ4n) is 3.22. The minimum absolute atomic E-state index is 0.0116. The summed E-state index contributed by atoms with van der Waals surface area (Å²) in [5.41, 5.74) is 1.88. The molecule has 6 heteroatoms. The highest BCUT2D eigenvalue weighted by atomic mass is 19.1. The second kappa shape index (κ2) is 8.75. The molecule has 0 radical (unpaired) electrons. The van der Waals surface area contributed by atoms with Gasteiger partial charge < -0.3 is 9.64 Å². The van der Waals surface area contributed by atoms with Crippen LogP contribution in [0.15, 0.2) is 48.8 Å². The predicted molar refractivity (Wildman–Crippen MR) is 98.2 cm³/mol. The predicted octanol–water partition coefficient (Wildman–Crippen LogP) is 3.31. The number of halogens is 1. The van der Waals surface area contributed by atoms with Crippen molar-refractivity contribution < 1.29 is 18.7 Å². The van der Waals surface area contributed by atoms with E-state index >= 15 is 0 Å². The lowest BCUT2D eigenvalue weighted by Crippen LogP contribution is -2.34. The molecule has 0 spiro atoms. The number of pyridine rings is 1. The van der Waals surface area contributed by atoms with E-state index in [1.807, 2.05) is 12.1 Å². The number of carbonyl (C=O) groups excluding carboxylic acids is 2. The van der Waals surface area contributed by atoms with E-state index in [4.69, 9.17) is 4.74 Å². The third-order valence-electron chi connectivity index (χ3n) is 4.70. The topological polar surface area (TPSA) is 59.5 Å². The molecule has 1 amide bonds. The monoisotopic (exact) mass is 370 g/mol. The molecule has 3 rings (SSSR count). The van der Waals surface area contributed by atoms with Crippen LogP contribution in [-0.4, -0.2) is 34.9 Å². The van der Waals surface area contributed by atoms with Crippen LogP contribution in [0.4, 0.5) is 4.39 Å². The van der Waals surface area contributed by atoms with E-state index in [-0.39, 0.29) is 36.0 Å². The summed E-state index contributed by atoms with van der Waals surface area (Å²) >= 11 is 0. The second-order valence-corrected chi connectivity index (χ2v) is 6.68. The van der Waals surface area contributed by atoms with Crippen molar-refractivity contribution in [1.82, 2.24) is 9.88 Å². The molecule has 0 aliphatic heterocycles. The third-order valence-corrected chi connectivity index (χ3v) is 4.70. The summed E-state index contributed by atoms with van der Waals surface area (Å²) in [7, 11) is 0. The van der Waals surface area contributed by atoms with E-state index in [2.05, 4.69) is 4.98 Å². The molecular weight excluding hydrogens is 347 g/mol. The fourth-order valence-corrected chi connectivity index (χ4v) is 3.22. The number of hydrogen-bond donors (Lipinski definition) is 0. The lowest BCUT2D eigenvalue weighted by Gasteiger charge is -2.22. The number of benzene rings is 1. The van der Waals surface area contributed by atoms with Gasteiger partial charge in [-0.3, -0.25) is 14.6 Å². The maximum absolute atomic E-state index is 13.1. The Balaban J connectivity index is 1.66. The molecule has 142 valence electrons. The van der Waals surface area contributed by atoms with Gasteiger partial charge in [0.1, 0.15) is 5.82 Å². The Bertz CT molecular complexity index is 780. The Morgan fingerprint density at radius 2 is 2.04 bits per heavy atom. The quantitative estimate of drug-likeness (QED) is 0.669. The highest BCUT2D eigenvalue weighted by molar-refractivity contribution is 5.83. The molecule has 5 nitrogen and oxygen atoms in total. The highest BCUT2D eigenvalue weighted by Crippen LogP contribution is 2.48. The van der Waals surface area contributed by atoms with Crippen LogP contribution in [0.5, 0.6) is 0 Å². The number of rotatable bonds is 8. The number of carbonyl (C=O) groups is 2. The van der Waals surface area contributed by atoms with Crippen LogP contribution in [0.25, 0.3) is 0 Å². The molecule has 0 N–H and O–H groups in total. The third kappa shape index (κ3) is 5.12. The molecule has 0 bridgehead atoms. The van der Waals surface area contributed by atoms with Crippen molar-refractivity contribution in [1.29, 1.82) is 0 Å². The molecule has 1 aromatic heterocycles. The van der Waals surface area contributed by atoms with Crippen LogP contribution in [-0.2, 0) is 20.9 Å². The van der Waals surface area contributed by atoms with Gasteiger partial charge in [0.25, 0.3) is 0 Å². The van der Waals surface area contributed by atoms with E-state index in [0.717, 1.165) is 17.5 Å². The fraction of sp³-hybridized carbons (Fsp3) is 0.381.